The van der Waals surface area contributed by atoms with Gasteiger partial charge in [-0.2, -0.15) is 0 Å². The molecule has 0 spiro atoms. The van der Waals surface area contributed by atoms with Gasteiger partial charge in [-0.25, -0.2) is 0 Å². The zero-order valence-electron chi connectivity index (χ0n) is 14.7. The van der Waals surface area contributed by atoms with E-state index >= 15 is 0 Å². The molecule has 0 atom stereocenters. The summed E-state index contributed by atoms with van der Waals surface area (Å²) in [6.45, 7) is 3.59. The van der Waals surface area contributed by atoms with E-state index in [1.807, 2.05) is 12.1 Å². The molecule has 2 heterocycles. The van der Waals surface area contributed by atoms with E-state index in [9.17, 15) is 15.0 Å². The molecule has 1 fully saturated rings. The summed E-state index contributed by atoms with van der Waals surface area (Å²) < 4.78 is 0. The number of carbonyl (C=O) groups excluding carboxylic acids is 1. The minimum Gasteiger partial charge on any atom is -0.507 e. The fraction of sp³-hybridized carbons (Fsp3) is 0.286. The molecular weight excluding hydrogens is 328 g/mol. The van der Waals surface area contributed by atoms with Crippen molar-refractivity contribution < 1.29 is 15.0 Å². The molecule has 4 rings (SSSR count). The number of piperidine rings is 1. The summed E-state index contributed by atoms with van der Waals surface area (Å²) in [5.74, 6) is -0.269. The van der Waals surface area contributed by atoms with Crippen molar-refractivity contribution in [3.8, 4) is 22.8 Å². The lowest BCUT2D eigenvalue weighted by Gasteiger charge is -2.28. The highest BCUT2D eigenvalue weighted by Crippen LogP contribution is 2.38. The zero-order valence-corrected chi connectivity index (χ0v) is 14.7. The Hall–Kier alpha value is -2.95. The van der Waals surface area contributed by atoms with E-state index in [0.29, 0.717) is 16.5 Å². The molecule has 1 aliphatic rings. The van der Waals surface area contributed by atoms with Crippen LogP contribution in [0.1, 0.15) is 36.5 Å². The number of hydrogen-bond donors (Lipinski definition) is 3. The van der Waals surface area contributed by atoms with Crippen molar-refractivity contribution in [1.29, 1.82) is 0 Å². The highest BCUT2D eigenvalue weighted by atomic mass is 16.3. The van der Waals surface area contributed by atoms with Crippen LogP contribution in [0.4, 0.5) is 5.69 Å². The molecule has 5 nitrogen and oxygen atoms in total. The van der Waals surface area contributed by atoms with Crippen LogP contribution >= 0.6 is 0 Å². The number of benzene rings is 2. The predicted octanol–water partition coefficient (Wildman–Crippen LogP) is 4.44. The molecule has 5 heteroatoms. The SMILES string of the molecule is CC(=O)c1c(O)[nH]c2cc(O)c(-c3ccc(N4CCCCC4)cc3)cc12. The van der Waals surface area contributed by atoms with Gasteiger partial charge in [-0.3, -0.25) is 4.79 Å². The molecule has 3 N–H and O–H groups in total. The number of aromatic amines is 1. The number of phenols is 1. The number of Topliss-reactive ketones (excluding diaryl/α,β-unsaturated/α-hetero) is 1. The van der Waals surface area contributed by atoms with Gasteiger partial charge in [0, 0.05) is 35.8 Å². The van der Waals surface area contributed by atoms with Crippen LogP contribution in [0.5, 0.6) is 11.6 Å². The van der Waals surface area contributed by atoms with Crippen LogP contribution in [0.25, 0.3) is 22.0 Å². The molecule has 134 valence electrons. The first-order valence-corrected chi connectivity index (χ1v) is 8.98. The van der Waals surface area contributed by atoms with Crippen LogP contribution in [0.2, 0.25) is 0 Å². The third kappa shape index (κ3) is 2.79. The van der Waals surface area contributed by atoms with E-state index in [1.165, 1.54) is 31.9 Å². The molecule has 0 unspecified atom stereocenters. The number of anilines is 1. The Morgan fingerprint density at radius 2 is 1.73 bits per heavy atom. The number of phenolic OH excluding ortho intramolecular Hbond substituents is 1. The molecule has 1 aromatic heterocycles. The van der Waals surface area contributed by atoms with Gasteiger partial charge in [0.15, 0.2) is 5.78 Å². The van der Waals surface area contributed by atoms with Gasteiger partial charge < -0.3 is 20.1 Å². The van der Waals surface area contributed by atoms with Crippen molar-refractivity contribution in [2.75, 3.05) is 18.0 Å². The molecule has 0 bridgehead atoms. The molecule has 0 saturated carbocycles. The quantitative estimate of drug-likeness (QED) is 0.610. The maximum Gasteiger partial charge on any atom is 0.200 e. The molecule has 3 aromatic rings. The lowest BCUT2D eigenvalue weighted by molar-refractivity contribution is 0.101. The number of ketones is 1. The average Bonchev–Trinajstić information content (AvgIpc) is 2.96. The standard InChI is InChI=1S/C21H22N2O3/c1-13(24)20-17-11-16(19(25)12-18(17)22-21(20)26)14-5-7-15(8-6-14)23-9-3-2-4-10-23/h5-8,11-12,22,25-26H,2-4,9-10H2,1H3. The second-order valence-electron chi connectivity index (χ2n) is 6.91. The maximum absolute atomic E-state index is 11.8. The van der Waals surface area contributed by atoms with E-state index in [1.54, 1.807) is 12.1 Å². The third-order valence-corrected chi connectivity index (χ3v) is 5.15. The Morgan fingerprint density at radius 3 is 2.38 bits per heavy atom. The van der Waals surface area contributed by atoms with Gasteiger partial charge in [0.25, 0.3) is 0 Å². The van der Waals surface area contributed by atoms with Crippen molar-refractivity contribution in [1.82, 2.24) is 4.98 Å². The van der Waals surface area contributed by atoms with Gasteiger partial charge in [-0.15, -0.1) is 0 Å². The molecular formula is C21H22N2O3. The van der Waals surface area contributed by atoms with Crippen LogP contribution in [-0.2, 0) is 0 Å². The molecule has 0 radical (unpaired) electrons. The number of carbonyl (C=O) groups is 1. The van der Waals surface area contributed by atoms with Crippen LogP contribution < -0.4 is 4.90 Å². The van der Waals surface area contributed by atoms with Crippen molar-refractivity contribution in [2.24, 2.45) is 0 Å². The predicted molar refractivity (Wildman–Crippen MR) is 103 cm³/mol. The summed E-state index contributed by atoms with van der Waals surface area (Å²) in [6, 6.07) is 11.4. The fourth-order valence-corrected chi connectivity index (χ4v) is 3.81. The van der Waals surface area contributed by atoms with Gasteiger partial charge in [-0.1, -0.05) is 12.1 Å². The first kappa shape index (κ1) is 16.5. The number of fused-ring (bicyclic) bond motifs is 1. The van der Waals surface area contributed by atoms with Crippen molar-refractivity contribution in [3.05, 3.63) is 42.0 Å². The van der Waals surface area contributed by atoms with Gasteiger partial charge in [0.2, 0.25) is 5.88 Å². The number of rotatable bonds is 3. The Labute approximate surface area is 151 Å². The number of hydrogen-bond acceptors (Lipinski definition) is 4. The van der Waals surface area contributed by atoms with E-state index in [4.69, 9.17) is 0 Å². The Bertz CT molecular complexity index is 967. The van der Waals surface area contributed by atoms with Crippen molar-refractivity contribution >= 4 is 22.4 Å². The van der Waals surface area contributed by atoms with Crippen molar-refractivity contribution in [2.45, 2.75) is 26.2 Å². The smallest absolute Gasteiger partial charge is 0.200 e. The van der Waals surface area contributed by atoms with Gasteiger partial charge in [0.1, 0.15) is 5.75 Å². The van der Waals surface area contributed by atoms with Gasteiger partial charge in [-0.05, 0) is 49.9 Å². The highest BCUT2D eigenvalue weighted by molar-refractivity contribution is 6.10. The molecule has 1 aliphatic heterocycles. The number of aromatic hydroxyl groups is 2. The first-order chi connectivity index (χ1) is 12.5. The minimum absolute atomic E-state index is 0.111. The number of H-pyrrole nitrogens is 1. The summed E-state index contributed by atoms with van der Waals surface area (Å²) in [4.78, 5) is 17.0. The molecule has 2 aromatic carbocycles. The van der Waals surface area contributed by atoms with E-state index < -0.39 is 0 Å². The monoisotopic (exact) mass is 350 g/mol. The Kier molecular flexibility index (Phi) is 4.07. The number of aromatic nitrogens is 1. The largest absolute Gasteiger partial charge is 0.507 e. The number of nitrogens with zero attached hydrogens (tertiary/aromatic N) is 1. The Morgan fingerprint density at radius 1 is 1.04 bits per heavy atom. The summed E-state index contributed by atoms with van der Waals surface area (Å²) in [5.41, 5.74) is 3.51. The van der Waals surface area contributed by atoms with Crippen LogP contribution in [0, 0.1) is 0 Å². The lowest BCUT2D eigenvalue weighted by atomic mass is 9.99. The lowest BCUT2D eigenvalue weighted by Crippen LogP contribution is -2.29. The topological polar surface area (TPSA) is 76.6 Å². The maximum atomic E-state index is 11.8. The summed E-state index contributed by atoms with van der Waals surface area (Å²) in [5, 5.41) is 21.0. The van der Waals surface area contributed by atoms with Crippen LogP contribution in [0.3, 0.4) is 0 Å². The van der Waals surface area contributed by atoms with Crippen molar-refractivity contribution in [3.63, 3.8) is 0 Å². The first-order valence-electron chi connectivity index (χ1n) is 8.98. The van der Waals surface area contributed by atoms with Crippen LogP contribution in [0.15, 0.2) is 36.4 Å². The van der Waals surface area contributed by atoms with Gasteiger partial charge in [0.05, 0.1) is 11.1 Å². The van der Waals surface area contributed by atoms with Gasteiger partial charge >= 0.3 is 0 Å². The summed E-state index contributed by atoms with van der Waals surface area (Å²) in [6.07, 6.45) is 3.75. The Balaban J connectivity index is 1.74. The molecule has 0 amide bonds. The molecule has 0 aliphatic carbocycles. The fourth-order valence-electron chi connectivity index (χ4n) is 3.81. The zero-order chi connectivity index (χ0) is 18.3. The summed E-state index contributed by atoms with van der Waals surface area (Å²) >= 11 is 0. The molecule has 26 heavy (non-hydrogen) atoms. The van der Waals surface area contributed by atoms with Crippen LogP contribution in [-0.4, -0.2) is 34.1 Å². The second-order valence-corrected chi connectivity index (χ2v) is 6.91. The average molecular weight is 350 g/mol. The minimum atomic E-state index is -0.217. The normalized spacial score (nSPS) is 14.7. The molecule has 1 saturated heterocycles. The van der Waals surface area contributed by atoms with E-state index in [2.05, 4.69) is 22.0 Å². The van der Waals surface area contributed by atoms with E-state index in [0.717, 1.165) is 18.7 Å². The third-order valence-electron chi connectivity index (χ3n) is 5.15. The second kappa shape index (κ2) is 6.41. The highest BCUT2D eigenvalue weighted by Gasteiger charge is 2.18. The van der Waals surface area contributed by atoms with E-state index in [-0.39, 0.29) is 23.0 Å². The number of nitrogens with one attached hydrogen (secondary N) is 1. The summed E-state index contributed by atoms with van der Waals surface area (Å²) in [7, 11) is 0.